The van der Waals surface area contributed by atoms with Gasteiger partial charge in [0.05, 0.1) is 5.60 Å². The van der Waals surface area contributed by atoms with Crippen LogP contribution >= 0.6 is 15.9 Å². The molecule has 0 unspecified atom stereocenters. The van der Waals surface area contributed by atoms with Crippen LogP contribution in [0.3, 0.4) is 0 Å². The maximum absolute atomic E-state index is 12.0. The van der Waals surface area contributed by atoms with E-state index in [2.05, 4.69) is 26.2 Å². The lowest BCUT2D eigenvalue weighted by Gasteiger charge is -2.38. The Labute approximate surface area is 139 Å². The van der Waals surface area contributed by atoms with Gasteiger partial charge in [-0.1, -0.05) is 0 Å². The molecule has 0 atom stereocenters. The van der Waals surface area contributed by atoms with E-state index in [-0.39, 0.29) is 12.6 Å². The number of nitrogens with one attached hydrogen (secondary N) is 1. The summed E-state index contributed by atoms with van der Waals surface area (Å²) in [6.45, 7) is 7.21. The van der Waals surface area contributed by atoms with Gasteiger partial charge in [-0.25, -0.2) is 4.79 Å². The lowest BCUT2D eigenvalue weighted by Crippen LogP contribution is -2.43. The van der Waals surface area contributed by atoms with Crippen molar-refractivity contribution < 1.29 is 14.3 Å². The summed E-state index contributed by atoms with van der Waals surface area (Å²) in [4.78, 5) is 16.1. The summed E-state index contributed by atoms with van der Waals surface area (Å²) in [6.07, 6.45) is 5.12. The zero-order valence-electron chi connectivity index (χ0n) is 13.3. The Hall–Kier alpha value is -0.980. The Kier molecular flexibility index (Phi) is 5.58. The fourth-order valence-corrected chi connectivity index (χ4v) is 3.25. The number of ether oxygens (including phenoxy) is 2. The molecule has 0 aromatic carbocycles. The van der Waals surface area contributed by atoms with Crippen LogP contribution in [0, 0.1) is 0 Å². The average Bonchev–Trinajstić information content (AvgIpc) is 2.45. The van der Waals surface area contributed by atoms with Crippen LogP contribution in [0.4, 0.5) is 0 Å². The molecule has 0 bridgehead atoms. The molecule has 1 aromatic rings. The number of pyridine rings is 1. The van der Waals surface area contributed by atoms with Crippen molar-refractivity contribution in [3.8, 4) is 0 Å². The predicted octanol–water partition coefficient (Wildman–Crippen LogP) is 2.78. The van der Waals surface area contributed by atoms with Crippen LogP contribution in [-0.4, -0.2) is 36.3 Å². The average molecular weight is 371 g/mol. The molecule has 2 heterocycles. The Morgan fingerprint density at radius 2 is 2.09 bits per heavy atom. The lowest BCUT2D eigenvalue weighted by molar-refractivity contribution is -0.170. The van der Waals surface area contributed by atoms with Gasteiger partial charge in [0.2, 0.25) is 0 Å². The topological polar surface area (TPSA) is 60.5 Å². The maximum atomic E-state index is 12.0. The van der Waals surface area contributed by atoms with Gasteiger partial charge >= 0.3 is 5.97 Å². The summed E-state index contributed by atoms with van der Waals surface area (Å²) in [6, 6.07) is 1.95. The van der Waals surface area contributed by atoms with Crippen molar-refractivity contribution in [2.24, 2.45) is 0 Å². The molecule has 6 heteroatoms. The van der Waals surface area contributed by atoms with Crippen molar-refractivity contribution in [2.75, 3.05) is 19.7 Å². The first-order valence-electron chi connectivity index (χ1n) is 7.49. The quantitative estimate of drug-likeness (QED) is 0.825. The second-order valence-corrected chi connectivity index (χ2v) is 7.33. The molecule has 0 radical (unpaired) electrons. The Morgan fingerprint density at radius 1 is 1.41 bits per heavy atom. The van der Waals surface area contributed by atoms with E-state index in [1.807, 2.05) is 26.8 Å². The number of carbonyl (C=O) groups is 1. The van der Waals surface area contributed by atoms with E-state index in [0.717, 1.165) is 36.0 Å². The SMILES string of the molecule is CC(C)(C)OC(=O)COC1(c2ccncc2Br)CCNCC1. The third-order valence-electron chi connectivity index (χ3n) is 3.56. The van der Waals surface area contributed by atoms with E-state index in [0.29, 0.717) is 0 Å². The summed E-state index contributed by atoms with van der Waals surface area (Å²) in [5, 5.41) is 3.33. The van der Waals surface area contributed by atoms with E-state index in [4.69, 9.17) is 9.47 Å². The number of halogens is 1. The summed E-state index contributed by atoms with van der Waals surface area (Å²) in [5.41, 5.74) is 0.0515. The first-order valence-corrected chi connectivity index (χ1v) is 8.28. The van der Waals surface area contributed by atoms with E-state index in [9.17, 15) is 4.79 Å². The number of piperidine rings is 1. The summed E-state index contributed by atoms with van der Waals surface area (Å²) < 4.78 is 12.3. The standard InChI is InChI=1S/C16H23BrN2O3/c1-15(2,3)22-14(20)11-21-16(5-8-18-9-6-16)12-4-7-19-10-13(12)17/h4,7,10,18H,5-6,8-9,11H2,1-3H3. The highest BCUT2D eigenvalue weighted by molar-refractivity contribution is 9.10. The van der Waals surface area contributed by atoms with Gasteiger partial charge in [-0.05, 0) is 68.7 Å². The highest BCUT2D eigenvalue weighted by Gasteiger charge is 2.37. The fraction of sp³-hybridized carbons (Fsp3) is 0.625. The van der Waals surface area contributed by atoms with E-state index in [1.54, 1.807) is 12.4 Å². The van der Waals surface area contributed by atoms with E-state index >= 15 is 0 Å². The second kappa shape index (κ2) is 7.06. The van der Waals surface area contributed by atoms with Crippen molar-refractivity contribution in [3.63, 3.8) is 0 Å². The number of esters is 1. The van der Waals surface area contributed by atoms with Gasteiger partial charge in [0.1, 0.15) is 12.2 Å². The molecular weight excluding hydrogens is 348 g/mol. The Bertz CT molecular complexity index is 522. The molecule has 1 aliphatic heterocycles. The number of hydrogen-bond donors (Lipinski definition) is 1. The molecule has 122 valence electrons. The molecule has 5 nitrogen and oxygen atoms in total. The molecule has 0 aliphatic carbocycles. The van der Waals surface area contributed by atoms with Crippen LogP contribution < -0.4 is 5.32 Å². The largest absolute Gasteiger partial charge is 0.458 e. The molecular formula is C16H23BrN2O3. The van der Waals surface area contributed by atoms with Gasteiger partial charge in [-0.2, -0.15) is 0 Å². The van der Waals surface area contributed by atoms with Crippen molar-refractivity contribution in [1.82, 2.24) is 10.3 Å². The maximum Gasteiger partial charge on any atom is 0.332 e. The van der Waals surface area contributed by atoms with Crippen LogP contribution in [0.15, 0.2) is 22.9 Å². The normalized spacial score (nSPS) is 18.0. The van der Waals surface area contributed by atoms with Gasteiger partial charge in [-0.3, -0.25) is 4.98 Å². The molecule has 1 aliphatic rings. The second-order valence-electron chi connectivity index (χ2n) is 6.47. The first kappa shape index (κ1) is 17.4. The molecule has 0 spiro atoms. The third kappa shape index (κ3) is 4.51. The molecule has 1 saturated heterocycles. The fourth-order valence-electron chi connectivity index (χ4n) is 2.63. The number of hydrogen-bond acceptors (Lipinski definition) is 5. The summed E-state index contributed by atoms with van der Waals surface area (Å²) in [7, 11) is 0. The minimum atomic E-state index is -0.501. The number of rotatable bonds is 4. The molecule has 0 saturated carbocycles. The minimum Gasteiger partial charge on any atom is -0.458 e. The van der Waals surface area contributed by atoms with Crippen LogP contribution in [0.2, 0.25) is 0 Å². The monoisotopic (exact) mass is 370 g/mol. The number of nitrogens with zero attached hydrogens (tertiary/aromatic N) is 1. The van der Waals surface area contributed by atoms with Gasteiger partial charge in [0, 0.05) is 22.4 Å². The zero-order valence-corrected chi connectivity index (χ0v) is 14.9. The highest BCUT2D eigenvalue weighted by atomic mass is 79.9. The summed E-state index contributed by atoms with van der Waals surface area (Å²) in [5.74, 6) is -0.337. The number of aromatic nitrogens is 1. The molecule has 1 fully saturated rings. The van der Waals surface area contributed by atoms with Gasteiger partial charge in [-0.15, -0.1) is 0 Å². The van der Waals surface area contributed by atoms with Crippen LogP contribution in [0.1, 0.15) is 39.2 Å². The lowest BCUT2D eigenvalue weighted by atomic mass is 9.85. The Morgan fingerprint density at radius 3 is 2.68 bits per heavy atom. The molecule has 1 aromatic heterocycles. The van der Waals surface area contributed by atoms with Crippen molar-refractivity contribution in [3.05, 3.63) is 28.5 Å². The number of carbonyl (C=O) groups excluding carboxylic acids is 1. The van der Waals surface area contributed by atoms with Crippen LogP contribution in [-0.2, 0) is 19.9 Å². The van der Waals surface area contributed by atoms with Crippen LogP contribution in [0.25, 0.3) is 0 Å². The van der Waals surface area contributed by atoms with E-state index in [1.165, 1.54) is 0 Å². The zero-order chi connectivity index (χ0) is 16.2. The highest BCUT2D eigenvalue weighted by Crippen LogP contribution is 2.38. The molecule has 22 heavy (non-hydrogen) atoms. The third-order valence-corrected chi connectivity index (χ3v) is 4.19. The van der Waals surface area contributed by atoms with Gasteiger partial charge in [0.15, 0.2) is 0 Å². The van der Waals surface area contributed by atoms with Gasteiger partial charge < -0.3 is 14.8 Å². The van der Waals surface area contributed by atoms with Crippen LogP contribution in [0.5, 0.6) is 0 Å². The van der Waals surface area contributed by atoms with Crippen molar-refractivity contribution >= 4 is 21.9 Å². The summed E-state index contributed by atoms with van der Waals surface area (Å²) >= 11 is 3.54. The van der Waals surface area contributed by atoms with Crippen molar-refractivity contribution in [2.45, 2.75) is 44.8 Å². The van der Waals surface area contributed by atoms with Crippen molar-refractivity contribution in [1.29, 1.82) is 0 Å². The van der Waals surface area contributed by atoms with E-state index < -0.39 is 11.2 Å². The first-order chi connectivity index (χ1) is 10.3. The predicted molar refractivity (Wildman–Crippen MR) is 87.5 cm³/mol. The smallest absolute Gasteiger partial charge is 0.332 e. The minimum absolute atomic E-state index is 0.0496. The molecule has 2 rings (SSSR count). The molecule has 1 N–H and O–H groups in total. The Balaban J connectivity index is 2.13. The molecule has 0 amide bonds. The van der Waals surface area contributed by atoms with Gasteiger partial charge in [0.25, 0.3) is 0 Å².